The van der Waals surface area contributed by atoms with Gasteiger partial charge in [-0.05, 0) is 71.5 Å². The minimum absolute atomic E-state index is 0.815. The molecule has 16 heavy (non-hydrogen) atoms. The van der Waals surface area contributed by atoms with Crippen LogP contribution in [0.2, 0.25) is 0 Å². The number of halogens is 1. The zero-order valence-electron chi connectivity index (χ0n) is 9.00. The summed E-state index contributed by atoms with van der Waals surface area (Å²) in [4.78, 5) is 0. The Balaban J connectivity index is 2.27. The summed E-state index contributed by atoms with van der Waals surface area (Å²) >= 11 is 2.29. The van der Waals surface area contributed by atoms with Crippen LogP contribution in [-0.2, 0) is 0 Å². The molecule has 0 atom stereocenters. The molecule has 0 amide bonds. The van der Waals surface area contributed by atoms with Crippen LogP contribution in [0, 0.1) is 10.5 Å². The molecule has 0 fully saturated rings. The van der Waals surface area contributed by atoms with Crippen molar-refractivity contribution in [1.82, 2.24) is 0 Å². The Labute approximate surface area is 109 Å². The maximum atomic E-state index is 5.86. The summed E-state index contributed by atoms with van der Waals surface area (Å²) in [6, 6.07) is 14.2. The molecule has 0 bridgehead atoms. The van der Waals surface area contributed by atoms with E-state index >= 15 is 0 Å². The predicted molar refractivity (Wildman–Crippen MR) is 78.0 cm³/mol. The van der Waals surface area contributed by atoms with Gasteiger partial charge >= 0.3 is 0 Å². The number of anilines is 3. The van der Waals surface area contributed by atoms with Crippen LogP contribution in [0.3, 0.4) is 0 Å². The van der Waals surface area contributed by atoms with Crippen molar-refractivity contribution in [3.05, 3.63) is 51.6 Å². The molecule has 0 aliphatic heterocycles. The van der Waals surface area contributed by atoms with E-state index in [1.807, 2.05) is 25.1 Å². The van der Waals surface area contributed by atoms with Gasteiger partial charge in [0.1, 0.15) is 0 Å². The van der Waals surface area contributed by atoms with E-state index in [-0.39, 0.29) is 0 Å². The van der Waals surface area contributed by atoms with Gasteiger partial charge in [0, 0.05) is 20.6 Å². The van der Waals surface area contributed by atoms with Crippen LogP contribution < -0.4 is 11.1 Å². The minimum Gasteiger partial charge on any atom is -0.398 e. The van der Waals surface area contributed by atoms with E-state index in [1.54, 1.807) is 0 Å². The Morgan fingerprint density at radius 1 is 1.06 bits per heavy atom. The van der Waals surface area contributed by atoms with Gasteiger partial charge in [-0.3, -0.25) is 0 Å². The largest absolute Gasteiger partial charge is 0.398 e. The van der Waals surface area contributed by atoms with Crippen molar-refractivity contribution in [3.8, 4) is 0 Å². The van der Waals surface area contributed by atoms with Crippen LogP contribution in [0.5, 0.6) is 0 Å². The van der Waals surface area contributed by atoms with Gasteiger partial charge in [-0.2, -0.15) is 0 Å². The van der Waals surface area contributed by atoms with E-state index in [0.29, 0.717) is 0 Å². The summed E-state index contributed by atoms with van der Waals surface area (Å²) in [5.74, 6) is 0. The van der Waals surface area contributed by atoms with E-state index in [0.717, 1.165) is 22.6 Å². The maximum absolute atomic E-state index is 5.86. The number of benzene rings is 2. The number of hydrogen-bond acceptors (Lipinski definition) is 2. The first kappa shape index (κ1) is 11.3. The topological polar surface area (TPSA) is 38.0 Å². The second kappa shape index (κ2) is 4.74. The Morgan fingerprint density at radius 3 is 2.44 bits per heavy atom. The molecular formula is C13H13IN2. The number of rotatable bonds is 2. The van der Waals surface area contributed by atoms with Crippen LogP contribution in [0.1, 0.15) is 5.56 Å². The molecule has 82 valence electrons. The third-order valence-corrected chi connectivity index (χ3v) is 3.22. The van der Waals surface area contributed by atoms with Gasteiger partial charge in [-0.25, -0.2) is 0 Å². The van der Waals surface area contributed by atoms with Crippen LogP contribution in [0.4, 0.5) is 17.1 Å². The molecule has 2 aromatic carbocycles. The van der Waals surface area contributed by atoms with Crippen molar-refractivity contribution in [3.63, 3.8) is 0 Å². The normalized spacial score (nSPS) is 10.1. The summed E-state index contributed by atoms with van der Waals surface area (Å²) in [5, 5.41) is 3.36. The monoisotopic (exact) mass is 324 g/mol. The molecule has 0 saturated carbocycles. The molecule has 0 aromatic heterocycles. The van der Waals surface area contributed by atoms with E-state index in [2.05, 4.69) is 52.2 Å². The SMILES string of the molecule is Cc1c(N)cccc1Nc1ccc(I)cc1. The lowest BCUT2D eigenvalue weighted by Gasteiger charge is -2.11. The van der Waals surface area contributed by atoms with Crippen LogP contribution >= 0.6 is 22.6 Å². The fourth-order valence-corrected chi connectivity index (χ4v) is 1.84. The minimum atomic E-state index is 0.815. The highest BCUT2D eigenvalue weighted by molar-refractivity contribution is 14.1. The zero-order chi connectivity index (χ0) is 11.5. The van der Waals surface area contributed by atoms with Gasteiger partial charge in [0.2, 0.25) is 0 Å². The first-order valence-electron chi connectivity index (χ1n) is 5.04. The van der Waals surface area contributed by atoms with Gasteiger partial charge < -0.3 is 11.1 Å². The molecule has 0 aliphatic rings. The number of nitrogen functional groups attached to an aromatic ring is 1. The maximum Gasteiger partial charge on any atom is 0.0434 e. The van der Waals surface area contributed by atoms with Crippen LogP contribution in [0.25, 0.3) is 0 Å². The van der Waals surface area contributed by atoms with Crippen molar-refractivity contribution in [2.75, 3.05) is 11.1 Å². The Hall–Kier alpha value is -1.23. The molecule has 0 unspecified atom stereocenters. The Kier molecular flexibility index (Phi) is 3.33. The first-order chi connectivity index (χ1) is 7.66. The Bertz CT molecular complexity index is 492. The fraction of sp³-hybridized carbons (Fsp3) is 0.0769. The summed E-state index contributed by atoms with van der Waals surface area (Å²) in [6.07, 6.45) is 0. The lowest BCUT2D eigenvalue weighted by molar-refractivity contribution is 1.43. The second-order valence-electron chi connectivity index (χ2n) is 3.65. The van der Waals surface area contributed by atoms with Crippen molar-refractivity contribution >= 4 is 39.7 Å². The first-order valence-corrected chi connectivity index (χ1v) is 6.12. The summed E-state index contributed by atoms with van der Waals surface area (Å²) < 4.78 is 1.23. The average molecular weight is 324 g/mol. The highest BCUT2D eigenvalue weighted by Crippen LogP contribution is 2.24. The van der Waals surface area contributed by atoms with Gasteiger partial charge in [-0.15, -0.1) is 0 Å². The highest BCUT2D eigenvalue weighted by Gasteiger charge is 2.01. The lowest BCUT2D eigenvalue weighted by Crippen LogP contribution is -1.96. The summed E-state index contributed by atoms with van der Waals surface area (Å²) in [6.45, 7) is 2.02. The molecule has 0 spiro atoms. The van der Waals surface area contributed by atoms with Gasteiger partial charge in [-0.1, -0.05) is 6.07 Å². The van der Waals surface area contributed by atoms with E-state index in [9.17, 15) is 0 Å². The molecule has 2 aromatic rings. The molecule has 0 aliphatic carbocycles. The number of nitrogens with two attached hydrogens (primary N) is 1. The van der Waals surface area contributed by atoms with Gasteiger partial charge in [0.15, 0.2) is 0 Å². The standard InChI is InChI=1S/C13H13IN2/c1-9-12(15)3-2-4-13(9)16-11-7-5-10(14)6-8-11/h2-8,16H,15H2,1H3. The smallest absolute Gasteiger partial charge is 0.0434 e. The third-order valence-electron chi connectivity index (χ3n) is 2.50. The second-order valence-corrected chi connectivity index (χ2v) is 4.90. The van der Waals surface area contributed by atoms with Gasteiger partial charge in [0.05, 0.1) is 0 Å². The summed E-state index contributed by atoms with van der Waals surface area (Å²) in [5.41, 5.74) is 9.89. The highest BCUT2D eigenvalue weighted by atomic mass is 127. The van der Waals surface area contributed by atoms with Gasteiger partial charge in [0.25, 0.3) is 0 Å². The molecule has 2 rings (SSSR count). The molecule has 3 N–H and O–H groups in total. The zero-order valence-corrected chi connectivity index (χ0v) is 11.2. The van der Waals surface area contributed by atoms with Crippen molar-refractivity contribution in [2.24, 2.45) is 0 Å². The predicted octanol–water partition coefficient (Wildman–Crippen LogP) is 3.93. The quantitative estimate of drug-likeness (QED) is 0.649. The van der Waals surface area contributed by atoms with E-state index in [4.69, 9.17) is 5.73 Å². The van der Waals surface area contributed by atoms with Crippen molar-refractivity contribution in [1.29, 1.82) is 0 Å². The summed E-state index contributed by atoms with van der Waals surface area (Å²) in [7, 11) is 0. The molecular weight excluding hydrogens is 311 g/mol. The number of nitrogens with one attached hydrogen (secondary N) is 1. The molecule has 0 heterocycles. The average Bonchev–Trinajstić information content (AvgIpc) is 2.28. The Morgan fingerprint density at radius 2 is 1.75 bits per heavy atom. The molecule has 0 saturated heterocycles. The van der Waals surface area contributed by atoms with Crippen LogP contribution in [0.15, 0.2) is 42.5 Å². The van der Waals surface area contributed by atoms with E-state index in [1.165, 1.54) is 3.57 Å². The fourth-order valence-electron chi connectivity index (χ4n) is 1.48. The lowest BCUT2D eigenvalue weighted by atomic mass is 10.1. The van der Waals surface area contributed by atoms with E-state index < -0.39 is 0 Å². The molecule has 2 nitrogen and oxygen atoms in total. The van der Waals surface area contributed by atoms with Crippen LogP contribution in [-0.4, -0.2) is 0 Å². The number of hydrogen-bond donors (Lipinski definition) is 2. The van der Waals surface area contributed by atoms with Crippen molar-refractivity contribution in [2.45, 2.75) is 6.92 Å². The molecule has 3 heteroatoms. The molecule has 0 radical (unpaired) electrons. The third kappa shape index (κ3) is 2.47. The van der Waals surface area contributed by atoms with Crippen molar-refractivity contribution < 1.29 is 0 Å².